The number of aryl methyl sites for hydroxylation is 1. The average molecular weight is 322 g/mol. The minimum Gasteiger partial charge on any atom is -0.346 e. The molecule has 1 N–H and O–H groups in total. The zero-order chi connectivity index (χ0) is 16.9. The Morgan fingerprint density at radius 2 is 1.92 bits per heavy atom. The third-order valence-corrected chi connectivity index (χ3v) is 4.22. The standard InChI is InChI=1S/C19H18N2O3/c22-19(13-10-14-8-11-16(12-9-14)21(23)24)20-18-7-3-5-15-4-1-2-6-17(15)18/h1-2,4,6,8-13,18H,3,5,7H2,(H,20,22)/b13-10+/t18-/m0/s1. The Morgan fingerprint density at radius 1 is 1.17 bits per heavy atom. The van der Waals surface area contributed by atoms with Gasteiger partial charge in [0.25, 0.3) is 5.69 Å². The van der Waals surface area contributed by atoms with E-state index < -0.39 is 4.92 Å². The Bertz CT molecular complexity index is 781. The summed E-state index contributed by atoms with van der Waals surface area (Å²) in [6, 6.07) is 14.3. The molecule has 5 heteroatoms. The van der Waals surface area contributed by atoms with Gasteiger partial charge in [0.2, 0.25) is 5.91 Å². The Hall–Kier alpha value is -2.95. The van der Waals surface area contributed by atoms with Crippen LogP contribution >= 0.6 is 0 Å². The number of nitrogens with one attached hydrogen (secondary N) is 1. The Kier molecular flexibility index (Phi) is 4.70. The predicted molar refractivity (Wildman–Crippen MR) is 92.4 cm³/mol. The van der Waals surface area contributed by atoms with Crippen molar-refractivity contribution in [2.24, 2.45) is 0 Å². The number of benzene rings is 2. The molecule has 1 aliphatic rings. The predicted octanol–water partition coefficient (Wildman–Crippen LogP) is 3.80. The highest BCUT2D eigenvalue weighted by Gasteiger charge is 2.20. The lowest BCUT2D eigenvalue weighted by Gasteiger charge is -2.25. The molecule has 0 spiro atoms. The van der Waals surface area contributed by atoms with Crippen molar-refractivity contribution in [2.45, 2.75) is 25.3 Å². The Balaban J connectivity index is 1.65. The summed E-state index contributed by atoms with van der Waals surface area (Å²) in [5.41, 5.74) is 3.28. The zero-order valence-electron chi connectivity index (χ0n) is 13.1. The third-order valence-electron chi connectivity index (χ3n) is 4.22. The van der Waals surface area contributed by atoms with Crippen LogP contribution in [-0.4, -0.2) is 10.8 Å². The second kappa shape index (κ2) is 7.08. The number of nitro benzene ring substituents is 1. The van der Waals surface area contributed by atoms with E-state index in [1.54, 1.807) is 18.2 Å². The van der Waals surface area contributed by atoms with Gasteiger partial charge in [-0.25, -0.2) is 0 Å². The minimum atomic E-state index is -0.444. The molecular formula is C19H18N2O3. The van der Waals surface area contributed by atoms with Crippen LogP contribution in [0.4, 0.5) is 5.69 Å². The molecule has 0 fully saturated rings. The number of nitro groups is 1. The largest absolute Gasteiger partial charge is 0.346 e. The van der Waals surface area contributed by atoms with E-state index in [2.05, 4.69) is 17.4 Å². The van der Waals surface area contributed by atoms with E-state index in [-0.39, 0.29) is 17.6 Å². The van der Waals surface area contributed by atoms with Crippen molar-refractivity contribution < 1.29 is 9.72 Å². The van der Waals surface area contributed by atoms with Gasteiger partial charge in [-0.15, -0.1) is 0 Å². The van der Waals surface area contributed by atoms with Crippen LogP contribution in [0, 0.1) is 10.1 Å². The Morgan fingerprint density at radius 3 is 2.67 bits per heavy atom. The molecule has 24 heavy (non-hydrogen) atoms. The van der Waals surface area contributed by atoms with E-state index in [0.29, 0.717) is 0 Å². The summed E-state index contributed by atoms with van der Waals surface area (Å²) in [6.07, 6.45) is 6.19. The number of nitrogens with zero attached hydrogens (tertiary/aromatic N) is 1. The maximum atomic E-state index is 12.2. The smallest absolute Gasteiger partial charge is 0.269 e. The number of rotatable bonds is 4. The van der Waals surface area contributed by atoms with Gasteiger partial charge >= 0.3 is 0 Å². The average Bonchev–Trinajstić information content (AvgIpc) is 2.61. The summed E-state index contributed by atoms with van der Waals surface area (Å²) < 4.78 is 0. The van der Waals surface area contributed by atoms with Crippen LogP contribution in [0.25, 0.3) is 6.08 Å². The van der Waals surface area contributed by atoms with Gasteiger partial charge in [-0.2, -0.15) is 0 Å². The van der Waals surface area contributed by atoms with E-state index in [0.717, 1.165) is 24.8 Å². The lowest BCUT2D eigenvalue weighted by Crippen LogP contribution is -2.29. The monoisotopic (exact) mass is 322 g/mol. The van der Waals surface area contributed by atoms with E-state index >= 15 is 0 Å². The first kappa shape index (κ1) is 15.9. The molecule has 0 aromatic heterocycles. The molecule has 0 unspecified atom stereocenters. The second-order valence-corrected chi connectivity index (χ2v) is 5.83. The highest BCUT2D eigenvalue weighted by atomic mass is 16.6. The summed E-state index contributed by atoms with van der Waals surface area (Å²) in [7, 11) is 0. The van der Waals surface area contributed by atoms with Crippen LogP contribution in [0.3, 0.4) is 0 Å². The lowest BCUT2D eigenvalue weighted by atomic mass is 9.88. The topological polar surface area (TPSA) is 72.2 Å². The molecule has 0 radical (unpaired) electrons. The molecule has 0 aliphatic heterocycles. The fourth-order valence-corrected chi connectivity index (χ4v) is 3.00. The van der Waals surface area contributed by atoms with Crippen LogP contribution in [0.2, 0.25) is 0 Å². The number of amides is 1. The van der Waals surface area contributed by atoms with E-state index in [4.69, 9.17) is 0 Å². The molecule has 5 nitrogen and oxygen atoms in total. The van der Waals surface area contributed by atoms with Gasteiger partial charge in [-0.05, 0) is 54.2 Å². The van der Waals surface area contributed by atoms with Gasteiger partial charge in [0.1, 0.15) is 0 Å². The molecule has 0 heterocycles. The van der Waals surface area contributed by atoms with Crippen LogP contribution in [0.1, 0.15) is 35.6 Å². The van der Waals surface area contributed by atoms with Crippen molar-refractivity contribution >= 4 is 17.7 Å². The number of carbonyl (C=O) groups is 1. The van der Waals surface area contributed by atoms with Gasteiger partial charge in [0, 0.05) is 18.2 Å². The molecule has 0 saturated heterocycles. The molecule has 122 valence electrons. The maximum absolute atomic E-state index is 12.2. The van der Waals surface area contributed by atoms with Crippen LogP contribution in [0.5, 0.6) is 0 Å². The SMILES string of the molecule is O=C(/C=C/c1ccc([N+](=O)[O-])cc1)N[C@H]1CCCc2ccccc21. The quantitative estimate of drug-likeness (QED) is 0.528. The minimum absolute atomic E-state index is 0.0374. The molecule has 3 rings (SSSR count). The highest BCUT2D eigenvalue weighted by molar-refractivity contribution is 5.92. The first-order valence-electron chi connectivity index (χ1n) is 7.94. The number of non-ortho nitro benzene ring substituents is 1. The fraction of sp³-hybridized carbons (Fsp3) is 0.211. The fourth-order valence-electron chi connectivity index (χ4n) is 3.00. The van der Waals surface area contributed by atoms with Crippen molar-refractivity contribution in [1.29, 1.82) is 0 Å². The van der Waals surface area contributed by atoms with Gasteiger partial charge in [-0.3, -0.25) is 14.9 Å². The summed E-state index contributed by atoms with van der Waals surface area (Å²) >= 11 is 0. The number of fused-ring (bicyclic) bond motifs is 1. The van der Waals surface area contributed by atoms with Crippen molar-refractivity contribution in [1.82, 2.24) is 5.32 Å². The van der Waals surface area contributed by atoms with E-state index in [9.17, 15) is 14.9 Å². The van der Waals surface area contributed by atoms with Gasteiger partial charge in [0.05, 0.1) is 11.0 Å². The number of hydrogen-bond donors (Lipinski definition) is 1. The van der Waals surface area contributed by atoms with Gasteiger partial charge in [-0.1, -0.05) is 24.3 Å². The van der Waals surface area contributed by atoms with Crippen molar-refractivity contribution in [3.8, 4) is 0 Å². The summed E-state index contributed by atoms with van der Waals surface area (Å²) in [5, 5.41) is 13.7. The molecule has 2 aromatic carbocycles. The van der Waals surface area contributed by atoms with Crippen LogP contribution in [0.15, 0.2) is 54.6 Å². The highest BCUT2D eigenvalue weighted by Crippen LogP contribution is 2.29. The third kappa shape index (κ3) is 3.68. The van der Waals surface area contributed by atoms with Crippen molar-refractivity contribution in [3.05, 3.63) is 81.4 Å². The molecule has 1 atom stereocenters. The zero-order valence-corrected chi connectivity index (χ0v) is 13.1. The molecule has 1 amide bonds. The summed E-state index contributed by atoms with van der Waals surface area (Å²) in [6.45, 7) is 0. The number of carbonyl (C=O) groups excluding carboxylic acids is 1. The lowest BCUT2D eigenvalue weighted by molar-refractivity contribution is -0.384. The van der Waals surface area contributed by atoms with Crippen LogP contribution < -0.4 is 5.32 Å². The van der Waals surface area contributed by atoms with E-state index in [1.807, 2.05) is 12.1 Å². The molecule has 1 aliphatic carbocycles. The summed E-state index contributed by atoms with van der Waals surface area (Å²) in [4.78, 5) is 22.3. The van der Waals surface area contributed by atoms with Gasteiger partial charge in [0.15, 0.2) is 0 Å². The first-order valence-corrected chi connectivity index (χ1v) is 7.94. The van der Waals surface area contributed by atoms with Crippen LogP contribution in [-0.2, 0) is 11.2 Å². The molecule has 2 aromatic rings. The van der Waals surface area contributed by atoms with Crippen molar-refractivity contribution in [3.63, 3.8) is 0 Å². The molecule has 0 saturated carbocycles. The first-order chi connectivity index (χ1) is 11.6. The number of hydrogen-bond acceptors (Lipinski definition) is 3. The van der Waals surface area contributed by atoms with Crippen molar-refractivity contribution in [2.75, 3.05) is 0 Å². The molecule has 0 bridgehead atoms. The second-order valence-electron chi connectivity index (χ2n) is 5.83. The Labute approximate surface area is 140 Å². The normalized spacial score (nSPS) is 16.6. The summed E-state index contributed by atoms with van der Waals surface area (Å²) in [5.74, 6) is -0.157. The van der Waals surface area contributed by atoms with Gasteiger partial charge < -0.3 is 5.32 Å². The maximum Gasteiger partial charge on any atom is 0.269 e. The van der Waals surface area contributed by atoms with E-state index in [1.165, 1.54) is 29.3 Å². The molecular weight excluding hydrogens is 304 g/mol.